The number of hydrogen-bond acceptors (Lipinski definition) is 0. The van der Waals surface area contributed by atoms with Gasteiger partial charge in [0.2, 0.25) is 0 Å². The standard InChI is InChI=1S/C16H26/c1-12(2)9-10-16(5,6)15-8-7-13(3)11-14(15)4/h7-8,11-12H,9-10H2,1-6H3. The van der Waals surface area contributed by atoms with Gasteiger partial charge in [0.25, 0.3) is 0 Å². The zero-order chi connectivity index (χ0) is 12.3. The van der Waals surface area contributed by atoms with Crippen LogP contribution in [0.3, 0.4) is 0 Å². The van der Waals surface area contributed by atoms with E-state index in [0.29, 0.717) is 5.41 Å². The van der Waals surface area contributed by atoms with Gasteiger partial charge in [0.05, 0.1) is 0 Å². The molecule has 16 heavy (non-hydrogen) atoms. The SMILES string of the molecule is Cc1ccc(C(C)(C)CCC(C)C)c(C)c1. The van der Waals surface area contributed by atoms with Crippen molar-refractivity contribution in [2.24, 2.45) is 5.92 Å². The Hall–Kier alpha value is -0.780. The molecule has 0 atom stereocenters. The predicted octanol–water partition coefficient (Wildman–Crippen LogP) is 5.02. The lowest BCUT2D eigenvalue weighted by molar-refractivity contribution is 0.413. The number of benzene rings is 1. The molecule has 0 saturated heterocycles. The molecule has 0 aliphatic carbocycles. The molecule has 0 spiro atoms. The van der Waals surface area contributed by atoms with E-state index in [2.05, 4.69) is 59.7 Å². The van der Waals surface area contributed by atoms with Crippen molar-refractivity contribution in [3.63, 3.8) is 0 Å². The molecule has 1 aromatic carbocycles. The van der Waals surface area contributed by atoms with Crippen LogP contribution in [0.15, 0.2) is 18.2 Å². The van der Waals surface area contributed by atoms with Gasteiger partial charge in [0.1, 0.15) is 0 Å². The first-order valence-corrected chi connectivity index (χ1v) is 6.40. The van der Waals surface area contributed by atoms with Crippen LogP contribution in [-0.2, 0) is 5.41 Å². The van der Waals surface area contributed by atoms with Crippen LogP contribution < -0.4 is 0 Å². The molecule has 0 unspecified atom stereocenters. The Morgan fingerprint density at radius 3 is 2.25 bits per heavy atom. The lowest BCUT2D eigenvalue weighted by atomic mass is 9.77. The second-order valence-corrected chi connectivity index (χ2v) is 6.13. The topological polar surface area (TPSA) is 0 Å². The van der Waals surface area contributed by atoms with Gasteiger partial charge in [0, 0.05) is 0 Å². The molecular formula is C16H26. The van der Waals surface area contributed by atoms with Crippen LogP contribution in [0.1, 0.15) is 57.2 Å². The lowest BCUT2D eigenvalue weighted by Gasteiger charge is -2.28. The summed E-state index contributed by atoms with van der Waals surface area (Å²) in [6, 6.07) is 6.84. The van der Waals surface area contributed by atoms with Gasteiger partial charge in [-0.05, 0) is 42.7 Å². The third-order valence-corrected chi connectivity index (χ3v) is 3.46. The molecule has 0 bridgehead atoms. The molecular weight excluding hydrogens is 192 g/mol. The summed E-state index contributed by atoms with van der Waals surface area (Å²) in [5.74, 6) is 0.796. The third-order valence-electron chi connectivity index (χ3n) is 3.46. The molecule has 0 amide bonds. The highest BCUT2D eigenvalue weighted by Gasteiger charge is 2.22. The van der Waals surface area contributed by atoms with Crippen LogP contribution in [0.2, 0.25) is 0 Å². The number of rotatable bonds is 4. The number of aryl methyl sites for hydroxylation is 2. The van der Waals surface area contributed by atoms with Gasteiger partial charge in [-0.25, -0.2) is 0 Å². The molecule has 0 heterocycles. The Bertz CT molecular complexity index is 345. The highest BCUT2D eigenvalue weighted by atomic mass is 14.3. The predicted molar refractivity (Wildman–Crippen MR) is 73.0 cm³/mol. The van der Waals surface area contributed by atoms with Gasteiger partial charge in [-0.15, -0.1) is 0 Å². The van der Waals surface area contributed by atoms with Gasteiger partial charge < -0.3 is 0 Å². The average Bonchev–Trinajstić information content (AvgIpc) is 2.14. The fourth-order valence-electron chi connectivity index (χ4n) is 2.36. The van der Waals surface area contributed by atoms with E-state index in [1.54, 1.807) is 0 Å². The molecule has 0 saturated carbocycles. The van der Waals surface area contributed by atoms with Gasteiger partial charge in [-0.2, -0.15) is 0 Å². The summed E-state index contributed by atoms with van der Waals surface area (Å²) in [5, 5.41) is 0. The lowest BCUT2D eigenvalue weighted by Crippen LogP contribution is -2.19. The van der Waals surface area contributed by atoms with Crippen molar-refractivity contribution >= 4 is 0 Å². The molecule has 0 aromatic heterocycles. The average molecular weight is 218 g/mol. The van der Waals surface area contributed by atoms with E-state index < -0.39 is 0 Å². The van der Waals surface area contributed by atoms with Gasteiger partial charge in [-0.1, -0.05) is 57.9 Å². The summed E-state index contributed by atoms with van der Waals surface area (Å²) in [5.41, 5.74) is 4.62. The summed E-state index contributed by atoms with van der Waals surface area (Å²) in [7, 11) is 0. The molecule has 0 N–H and O–H groups in total. The highest BCUT2D eigenvalue weighted by Crippen LogP contribution is 2.32. The first kappa shape index (κ1) is 13.3. The van der Waals surface area contributed by atoms with Crippen LogP contribution in [0.4, 0.5) is 0 Å². The van der Waals surface area contributed by atoms with Crippen molar-refractivity contribution in [2.75, 3.05) is 0 Å². The Morgan fingerprint density at radius 1 is 1.12 bits per heavy atom. The minimum Gasteiger partial charge on any atom is -0.0628 e. The summed E-state index contributed by atoms with van der Waals surface area (Å²) in [6.07, 6.45) is 2.58. The van der Waals surface area contributed by atoms with Crippen LogP contribution in [0.5, 0.6) is 0 Å². The number of hydrogen-bond donors (Lipinski definition) is 0. The van der Waals surface area contributed by atoms with Crippen LogP contribution in [0.25, 0.3) is 0 Å². The highest BCUT2D eigenvalue weighted by molar-refractivity contribution is 5.35. The molecule has 0 fully saturated rings. The molecule has 1 rings (SSSR count). The summed E-state index contributed by atoms with van der Waals surface area (Å²) < 4.78 is 0. The maximum Gasteiger partial charge on any atom is -0.0101 e. The van der Waals surface area contributed by atoms with Crippen LogP contribution >= 0.6 is 0 Å². The van der Waals surface area contributed by atoms with Crippen molar-refractivity contribution in [3.8, 4) is 0 Å². The Kier molecular flexibility index (Phi) is 4.18. The molecule has 0 aliphatic heterocycles. The van der Waals surface area contributed by atoms with Crippen molar-refractivity contribution in [1.29, 1.82) is 0 Å². The largest absolute Gasteiger partial charge is 0.0628 e. The van der Waals surface area contributed by atoms with Crippen LogP contribution in [0, 0.1) is 19.8 Å². The summed E-state index contributed by atoms with van der Waals surface area (Å²) in [6.45, 7) is 13.7. The normalized spacial score (nSPS) is 12.2. The first-order valence-electron chi connectivity index (χ1n) is 6.40. The quantitative estimate of drug-likeness (QED) is 0.666. The second-order valence-electron chi connectivity index (χ2n) is 6.13. The zero-order valence-corrected chi connectivity index (χ0v) is 11.7. The molecule has 0 nitrogen and oxygen atoms in total. The van der Waals surface area contributed by atoms with Crippen molar-refractivity contribution in [2.45, 2.75) is 59.8 Å². The second kappa shape index (κ2) is 5.03. The Balaban J connectivity index is 2.88. The Morgan fingerprint density at radius 2 is 1.75 bits per heavy atom. The summed E-state index contributed by atoms with van der Waals surface area (Å²) >= 11 is 0. The molecule has 0 heteroatoms. The molecule has 1 aromatic rings. The fraction of sp³-hybridized carbons (Fsp3) is 0.625. The van der Waals surface area contributed by atoms with Crippen molar-refractivity contribution < 1.29 is 0 Å². The van der Waals surface area contributed by atoms with E-state index in [1.807, 2.05) is 0 Å². The summed E-state index contributed by atoms with van der Waals surface area (Å²) in [4.78, 5) is 0. The van der Waals surface area contributed by atoms with E-state index in [-0.39, 0.29) is 0 Å². The molecule has 90 valence electrons. The first-order chi connectivity index (χ1) is 7.33. The van der Waals surface area contributed by atoms with Crippen molar-refractivity contribution in [1.82, 2.24) is 0 Å². The third kappa shape index (κ3) is 3.37. The molecule has 0 aliphatic rings. The van der Waals surface area contributed by atoms with Gasteiger partial charge in [0.15, 0.2) is 0 Å². The van der Waals surface area contributed by atoms with E-state index in [1.165, 1.54) is 29.5 Å². The molecule has 0 radical (unpaired) electrons. The van der Waals surface area contributed by atoms with Crippen LogP contribution in [-0.4, -0.2) is 0 Å². The van der Waals surface area contributed by atoms with Gasteiger partial charge >= 0.3 is 0 Å². The van der Waals surface area contributed by atoms with Gasteiger partial charge in [-0.3, -0.25) is 0 Å². The van der Waals surface area contributed by atoms with E-state index in [4.69, 9.17) is 0 Å². The van der Waals surface area contributed by atoms with E-state index >= 15 is 0 Å². The van der Waals surface area contributed by atoms with E-state index in [0.717, 1.165) is 5.92 Å². The minimum atomic E-state index is 0.308. The maximum absolute atomic E-state index is 2.37. The smallest absolute Gasteiger partial charge is 0.0101 e. The maximum atomic E-state index is 2.37. The van der Waals surface area contributed by atoms with E-state index in [9.17, 15) is 0 Å². The van der Waals surface area contributed by atoms with Crippen molar-refractivity contribution in [3.05, 3.63) is 34.9 Å². The minimum absolute atomic E-state index is 0.308. The Labute approximate surface area is 101 Å². The fourth-order valence-corrected chi connectivity index (χ4v) is 2.36. The zero-order valence-electron chi connectivity index (χ0n) is 11.7. The monoisotopic (exact) mass is 218 g/mol.